The van der Waals surface area contributed by atoms with Crippen molar-refractivity contribution >= 4 is 6.16 Å². The van der Waals surface area contributed by atoms with E-state index in [-0.39, 0.29) is 0 Å². The molecule has 1 aliphatic rings. The maximum atomic E-state index is 12.0. The first-order valence-electron chi connectivity index (χ1n) is 2.49. The minimum absolute atomic E-state index is 1.64. The molecule has 1 rings (SSSR count). The Morgan fingerprint density at radius 2 is 1.82 bits per heavy atom. The van der Waals surface area contributed by atoms with E-state index in [9.17, 15) is 22.4 Å². The molecule has 0 saturated carbocycles. The van der Waals surface area contributed by atoms with Gasteiger partial charge in [0.2, 0.25) is 0 Å². The smallest absolute Gasteiger partial charge is 0.414 e. The Bertz CT molecular complexity index is 177. The van der Waals surface area contributed by atoms with E-state index in [1.54, 1.807) is 0 Å². The summed E-state index contributed by atoms with van der Waals surface area (Å²) in [5, 5.41) is 0. The quantitative estimate of drug-likeness (QED) is 0.411. The molecule has 0 N–H and O–H groups in total. The third-order valence-electron chi connectivity index (χ3n) is 0.993. The Morgan fingerprint density at radius 1 is 1.27 bits per heavy atom. The van der Waals surface area contributed by atoms with Gasteiger partial charge in [-0.1, -0.05) is 0 Å². The first kappa shape index (κ1) is 8.09. The second kappa shape index (κ2) is 2.24. The molecule has 0 unspecified atom stereocenters. The van der Waals surface area contributed by atoms with Gasteiger partial charge in [0.05, 0.1) is 0 Å². The van der Waals surface area contributed by atoms with Crippen molar-refractivity contribution in [3.05, 3.63) is 0 Å². The number of hydrogen-bond acceptors (Lipinski definition) is 3. The van der Waals surface area contributed by atoms with Crippen LogP contribution in [0.3, 0.4) is 0 Å². The largest absolute Gasteiger partial charge is 0.511 e. The Hall–Kier alpha value is -1.01. The Labute approximate surface area is 57.9 Å². The highest BCUT2D eigenvalue weighted by Crippen LogP contribution is 2.31. The zero-order valence-electron chi connectivity index (χ0n) is 4.89. The molecule has 3 nitrogen and oxygen atoms in total. The third kappa shape index (κ3) is 1.52. The topological polar surface area (TPSA) is 35.5 Å². The summed E-state index contributed by atoms with van der Waals surface area (Å²) in [6, 6.07) is 0. The van der Waals surface area contributed by atoms with Gasteiger partial charge < -0.3 is 9.47 Å². The second-order valence-corrected chi connectivity index (χ2v) is 1.80. The maximum Gasteiger partial charge on any atom is 0.511 e. The van der Waals surface area contributed by atoms with Gasteiger partial charge in [0, 0.05) is 0 Å². The molecule has 7 heteroatoms. The van der Waals surface area contributed by atoms with Gasteiger partial charge in [-0.25, -0.2) is 4.79 Å². The Morgan fingerprint density at radius 3 is 2.00 bits per heavy atom. The van der Waals surface area contributed by atoms with Gasteiger partial charge in [0.25, 0.3) is 12.5 Å². The van der Waals surface area contributed by atoms with Gasteiger partial charge >= 0.3 is 12.3 Å². The van der Waals surface area contributed by atoms with Gasteiger partial charge in [-0.3, -0.25) is 0 Å². The molecule has 0 bridgehead atoms. The zero-order chi connectivity index (χ0) is 8.65. The molecule has 64 valence electrons. The van der Waals surface area contributed by atoms with Crippen LogP contribution >= 0.6 is 0 Å². The van der Waals surface area contributed by atoms with Gasteiger partial charge in [-0.15, -0.1) is 0 Å². The number of halogens is 4. The summed E-state index contributed by atoms with van der Waals surface area (Å²) in [5.74, 6) is 0. The average molecular weight is 174 g/mol. The highest BCUT2D eigenvalue weighted by Gasteiger charge is 2.55. The first-order valence-corrected chi connectivity index (χ1v) is 2.49. The molecule has 0 radical (unpaired) electrons. The summed E-state index contributed by atoms with van der Waals surface area (Å²) in [5.41, 5.74) is 0. The lowest BCUT2D eigenvalue weighted by atomic mass is 10.3. The van der Waals surface area contributed by atoms with Crippen LogP contribution < -0.4 is 0 Å². The first-order chi connectivity index (χ1) is 4.91. The van der Waals surface area contributed by atoms with Gasteiger partial charge in [0.1, 0.15) is 0 Å². The fourth-order valence-electron chi connectivity index (χ4n) is 0.554. The number of carbonyl (C=O) groups excluding carboxylic acids is 1. The van der Waals surface area contributed by atoms with Gasteiger partial charge in [0.15, 0.2) is 0 Å². The van der Waals surface area contributed by atoms with Crippen LogP contribution in [0.1, 0.15) is 0 Å². The Kier molecular flexibility index (Phi) is 1.65. The van der Waals surface area contributed by atoms with Crippen LogP contribution in [-0.4, -0.2) is 24.8 Å². The van der Waals surface area contributed by atoms with Crippen LogP contribution in [0.2, 0.25) is 0 Å². The van der Waals surface area contributed by atoms with Crippen molar-refractivity contribution in [3.8, 4) is 0 Å². The molecule has 1 saturated heterocycles. The van der Waals surface area contributed by atoms with E-state index < -0.39 is 24.8 Å². The average Bonchev–Trinajstić information content (AvgIpc) is 2.08. The molecule has 0 spiro atoms. The predicted molar refractivity (Wildman–Crippen MR) is 22.3 cm³/mol. The normalized spacial score (nSPS) is 31.5. The van der Waals surface area contributed by atoms with Crippen LogP contribution in [0.4, 0.5) is 22.4 Å². The molecule has 1 aliphatic heterocycles. The molecule has 0 aromatic rings. The summed E-state index contributed by atoms with van der Waals surface area (Å²) >= 11 is 0. The third-order valence-corrected chi connectivity index (χ3v) is 0.993. The van der Waals surface area contributed by atoms with Crippen LogP contribution in [0.5, 0.6) is 0 Å². The highest BCUT2D eigenvalue weighted by molar-refractivity contribution is 5.62. The summed E-state index contributed by atoms with van der Waals surface area (Å²) < 4.78 is 53.7. The highest BCUT2D eigenvalue weighted by atomic mass is 19.4. The molecular weight excluding hydrogens is 172 g/mol. The van der Waals surface area contributed by atoms with E-state index in [1.807, 2.05) is 0 Å². The number of ether oxygens (including phenoxy) is 2. The molecule has 2 atom stereocenters. The monoisotopic (exact) mass is 174 g/mol. The predicted octanol–water partition coefficient (Wildman–Crippen LogP) is 1.38. The second-order valence-electron chi connectivity index (χ2n) is 1.80. The van der Waals surface area contributed by atoms with Crippen molar-refractivity contribution in [2.75, 3.05) is 0 Å². The van der Waals surface area contributed by atoms with Gasteiger partial charge in [-0.2, -0.15) is 17.6 Å². The van der Waals surface area contributed by atoms with E-state index in [1.165, 1.54) is 0 Å². The SMILES string of the molecule is O=C1O[C@@H](C(F)(F)F)[C@@H](F)O1. The van der Waals surface area contributed by atoms with Crippen molar-refractivity contribution in [1.29, 1.82) is 0 Å². The summed E-state index contributed by atoms with van der Waals surface area (Å²) in [4.78, 5) is 9.93. The number of cyclic esters (lactones) is 2. The number of carbonyl (C=O) groups is 1. The lowest BCUT2D eigenvalue weighted by Crippen LogP contribution is -2.35. The lowest BCUT2D eigenvalue weighted by molar-refractivity contribution is -0.216. The Balaban J connectivity index is 2.67. The summed E-state index contributed by atoms with van der Waals surface area (Å²) in [6.45, 7) is 0. The molecular formula is C4H2F4O3. The van der Waals surface area contributed by atoms with E-state index in [4.69, 9.17) is 0 Å². The van der Waals surface area contributed by atoms with Crippen molar-refractivity contribution in [3.63, 3.8) is 0 Å². The standard InChI is InChI=1S/C4H2F4O3/c5-2-1(4(6,7)8)10-3(9)11-2/h1-2H/t1-,2+/m1/s1. The van der Waals surface area contributed by atoms with Crippen molar-refractivity contribution in [1.82, 2.24) is 0 Å². The molecule has 11 heavy (non-hydrogen) atoms. The van der Waals surface area contributed by atoms with Crippen LogP contribution in [-0.2, 0) is 9.47 Å². The molecule has 0 amide bonds. The van der Waals surface area contributed by atoms with Crippen LogP contribution in [0.15, 0.2) is 0 Å². The maximum absolute atomic E-state index is 12.0. The van der Waals surface area contributed by atoms with Crippen LogP contribution in [0.25, 0.3) is 0 Å². The number of rotatable bonds is 0. The van der Waals surface area contributed by atoms with Crippen molar-refractivity contribution in [2.24, 2.45) is 0 Å². The van der Waals surface area contributed by atoms with E-state index in [2.05, 4.69) is 9.47 Å². The van der Waals surface area contributed by atoms with E-state index >= 15 is 0 Å². The fraction of sp³-hybridized carbons (Fsp3) is 0.750. The molecule has 1 heterocycles. The zero-order valence-corrected chi connectivity index (χ0v) is 4.89. The molecule has 1 fully saturated rings. The van der Waals surface area contributed by atoms with Gasteiger partial charge in [-0.05, 0) is 0 Å². The number of alkyl halides is 4. The lowest BCUT2D eigenvalue weighted by Gasteiger charge is -2.11. The number of hydrogen-bond donors (Lipinski definition) is 0. The fourth-order valence-corrected chi connectivity index (χ4v) is 0.554. The molecule has 0 aliphatic carbocycles. The summed E-state index contributed by atoms with van der Waals surface area (Å²) in [7, 11) is 0. The minimum atomic E-state index is -4.91. The molecule has 0 aromatic carbocycles. The van der Waals surface area contributed by atoms with Crippen molar-refractivity contribution < 1.29 is 31.8 Å². The van der Waals surface area contributed by atoms with E-state index in [0.29, 0.717) is 0 Å². The molecule has 0 aromatic heterocycles. The van der Waals surface area contributed by atoms with Crippen molar-refractivity contribution in [2.45, 2.75) is 18.6 Å². The van der Waals surface area contributed by atoms with E-state index in [0.717, 1.165) is 0 Å². The van der Waals surface area contributed by atoms with Crippen LogP contribution in [0, 0.1) is 0 Å². The summed E-state index contributed by atoms with van der Waals surface area (Å²) in [6.07, 6.45) is -12.1. The minimum Gasteiger partial charge on any atom is -0.414 e.